The third kappa shape index (κ3) is 6.73. The molecule has 0 amide bonds. The summed E-state index contributed by atoms with van der Waals surface area (Å²) >= 11 is 0. The van der Waals surface area contributed by atoms with Crippen LogP contribution in [-0.2, 0) is 11.0 Å². The molecule has 0 fully saturated rings. The van der Waals surface area contributed by atoms with E-state index in [2.05, 4.69) is 14.4 Å². The molecule has 4 rings (SSSR count). The van der Waals surface area contributed by atoms with Crippen LogP contribution in [0.4, 0.5) is 27.6 Å². The highest BCUT2D eigenvalue weighted by atomic mass is 32.2. The van der Waals surface area contributed by atoms with E-state index in [-0.39, 0.29) is 11.5 Å². The number of hydrogen-bond donors (Lipinski definition) is 3. The maximum absolute atomic E-state index is 13.4. The topological polar surface area (TPSA) is 111 Å². The number of aryl methyl sites for hydroxylation is 1. The predicted octanol–water partition coefficient (Wildman–Crippen LogP) is 5.56. The Morgan fingerprint density at radius 1 is 1.10 bits per heavy atom. The Labute approximate surface area is 234 Å². The van der Waals surface area contributed by atoms with Gasteiger partial charge in [-0.15, -0.1) is 13.2 Å². The monoisotopic (exact) mass is 592 g/mol. The van der Waals surface area contributed by atoms with Crippen molar-refractivity contribution in [2.45, 2.75) is 24.6 Å². The molecule has 1 atom stereocenters. The summed E-state index contributed by atoms with van der Waals surface area (Å²) in [4.78, 5) is 4.46. The number of alkyl halides is 5. The van der Waals surface area contributed by atoms with Gasteiger partial charge in [0.05, 0.1) is 22.0 Å². The second kappa shape index (κ2) is 12.1. The second-order valence-electron chi connectivity index (χ2n) is 8.58. The first-order chi connectivity index (χ1) is 19.4. The minimum atomic E-state index is -4.86. The molecule has 14 heteroatoms. The van der Waals surface area contributed by atoms with Crippen LogP contribution in [0.25, 0.3) is 22.5 Å². The smallest absolute Gasteiger partial charge is 0.406 e. The van der Waals surface area contributed by atoms with E-state index in [1.807, 2.05) is 0 Å². The normalized spacial score (nSPS) is 13.0. The predicted molar refractivity (Wildman–Crippen MR) is 146 cm³/mol. The van der Waals surface area contributed by atoms with Crippen molar-refractivity contribution >= 4 is 22.4 Å². The Morgan fingerprint density at radius 3 is 2.37 bits per heavy atom. The van der Waals surface area contributed by atoms with Crippen LogP contribution >= 0.6 is 0 Å². The first kappa shape index (κ1) is 29.7. The molecule has 1 unspecified atom stereocenters. The molecule has 1 heterocycles. The average Bonchev–Trinajstić information content (AvgIpc) is 3.34. The third-order valence-corrected chi connectivity index (χ3v) is 7.04. The number of aromatic nitrogens is 2. The van der Waals surface area contributed by atoms with Crippen molar-refractivity contribution in [1.82, 2.24) is 14.3 Å². The lowest BCUT2D eigenvalue weighted by molar-refractivity contribution is -0.274. The maximum Gasteiger partial charge on any atom is 0.573 e. The van der Waals surface area contributed by atoms with Crippen molar-refractivity contribution in [3.63, 3.8) is 0 Å². The van der Waals surface area contributed by atoms with E-state index >= 15 is 0 Å². The molecule has 4 aromatic rings. The first-order valence-corrected chi connectivity index (χ1v) is 13.1. The van der Waals surface area contributed by atoms with Gasteiger partial charge >= 0.3 is 6.36 Å². The van der Waals surface area contributed by atoms with E-state index < -0.39 is 35.2 Å². The van der Waals surface area contributed by atoms with Gasteiger partial charge < -0.3 is 15.0 Å². The SMILES string of the molecule is CNS(=O)c1cccc(-c2ccc(-n3cc(C(F)F)nc3C)c(N(N)/C(=C\N)c3ccc(OC(F)(F)F)cc3)c2)c1. The molecular formula is C27H25F5N6O2S. The van der Waals surface area contributed by atoms with Gasteiger partial charge in [-0.05, 0) is 73.6 Å². The number of rotatable bonds is 9. The molecule has 0 saturated heterocycles. The van der Waals surface area contributed by atoms with Gasteiger partial charge in [0.15, 0.2) is 0 Å². The number of anilines is 1. The number of halogens is 5. The fourth-order valence-electron chi connectivity index (χ4n) is 4.13. The Bertz CT molecular complexity index is 1590. The molecule has 5 N–H and O–H groups in total. The number of nitrogens with zero attached hydrogens (tertiary/aromatic N) is 3. The molecule has 1 aromatic heterocycles. The molecule has 0 spiro atoms. The molecule has 3 aromatic carbocycles. The van der Waals surface area contributed by atoms with Crippen molar-refractivity contribution in [3.05, 3.63) is 96.2 Å². The number of nitrogens with one attached hydrogen (secondary N) is 1. The number of ether oxygens (including phenoxy) is 1. The van der Waals surface area contributed by atoms with E-state index in [9.17, 15) is 26.2 Å². The van der Waals surface area contributed by atoms with Crippen molar-refractivity contribution in [2.75, 3.05) is 12.1 Å². The minimum absolute atomic E-state index is 0.193. The summed E-state index contributed by atoms with van der Waals surface area (Å²) in [6.45, 7) is 1.56. The minimum Gasteiger partial charge on any atom is -0.406 e. The zero-order chi connectivity index (χ0) is 29.9. The lowest BCUT2D eigenvalue weighted by Gasteiger charge is -2.26. The standard InChI is InChI=1S/C27H25F5N6O2S/c1-16-36-22(26(28)29)15-37(16)23-11-8-19(18-4-3-5-21(12-18)41(39)35-2)13-24(23)38(34)25(14-33)17-6-9-20(10-7-17)40-27(30,31)32/h3-15,26,35H,33-34H2,1-2H3/b25-14-. The molecule has 41 heavy (non-hydrogen) atoms. The van der Waals surface area contributed by atoms with Gasteiger partial charge in [-0.2, -0.15) is 0 Å². The second-order valence-corrected chi connectivity index (χ2v) is 10.00. The van der Waals surface area contributed by atoms with Crippen LogP contribution < -0.4 is 26.0 Å². The van der Waals surface area contributed by atoms with Crippen molar-refractivity contribution in [3.8, 4) is 22.6 Å². The number of imidazole rings is 1. The average molecular weight is 593 g/mol. The summed E-state index contributed by atoms with van der Waals surface area (Å²) in [6.07, 6.45) is -5.31. The highest BCUT2D eigenvalue weighted by molar-refractivity contribution is 7.83. The zero-order valence-electron chi connectivity index (χ0n) is 21.7. The maximum atomic E-state index is 13.4. The van der Waals surface area contributed by atoms with E-state index in [1.165, 1.54) is 27.9 Å². The van der Waals surface area contributed by atoms with Crippen molar-refractivity contribution < 1.29 is 30.9 Å². The largest absolute Gasteiger partial charge is 0.573 e. The van der Waals surface area contributed by atoms with E-state index in [4.69, 9.17) is 11.6 Å². The Hall–Kier alpha value is -4.27. The van der Waals surface area contributed by atoms with Crippen LogP contribution in [0.15, 0.2) is 84.0 Å². The van der Waals surface area contributed by atoms with E-state index in [1.54, 1.807) is 56.4 Å². The lowest BCUT2D eigenvalue weighted by atomic mass is 10.0. The van der Waals surface area contributed by atoms with Crippen molar-refractivity contribution in [2.24, 2.45) is 11.6 Å². The molecule has 216 valence electrons. The van der Waals surface area contributed by atoms with E-state index in [0.717, 1.165) is 18.3 Å². The third-order valence-electron chi connectivity index (χ3n) is 5.99. The zero-order valence-corrected chi connectivity index (χ0v) is 22.5. The summed E-state index contributed by atoms with van der Waals surface area (Å²) in [6, 6.07) is 16.9. The molecule has 8 nitrogen and oxygen atoms in total. The Kier molecular flexibility index (Phi) is 8.75. The summed E-state index contributed by atoms with van der Waals surface area (Å²) in [7, 11) is 0.116. The van der Waals surface area contributed by atoms with Gasteiger partial charge in [-0.3, -0.25) is 5.01 Å². The lowest BCUT2D eigenvalue weighted by Crippen LogP contribution is -2.31. The fraction of sp³-hybridized carbons (Fsp3) is 0.148. The van der Waals surface area contributed by atoms with Crippen LogP contribution in [0.1, 0.15) is 23.5 Å². The summed E-state index contributed by atoms with van der Waals surface area (Å²) < 4.78 is 85.1. The van der Waals surface area contributed by atoms with Crippen LogP contribution in [-0.4, -0.2) is 27.2 Å². The first-order valence-electron chi connectivity index (χ1n) is 11.9. The molecule has 0 saturated carbocycles. The molecule has 0 aliphatic carbocycles. The number of nitrogens with two attached hydrogens (primary N) is 2. The summed E-state index contributed by atoms with van der Waals surface area (Å²) in [5, 5.41) is 1.19. The molecule has 0 aliphatic rings. The number of hydrogen-bond acceptors (Lipinski definition) is 6. The highest BCUT2D eigenvalue weighted by Gasteiger charge is 2.31. The number of hydrazine groups is 1. The van der Waals surface area contributed by atoms with Gasteiger partial charge in [-0.1, -0.05) is 18.2 Å². The van der Waals surface area contributed by atoms with Gasteiger partial charge in [0, 0.05) is 18.0 Å². The number of benzene rings is 3. The highest BCUT2D eigenvalue weighted by Crippen LogP contribution is 2.35. The van der Waals surface area contributed by atoms with Crippen LogP contribution in [0.5, 0.6) is 5.75 Å². The fourth-order valence-corrected chi connectivity index (χ4v) is 4.80. The quantitative estimate of drug-likeness (QED) is 0.133. The molecule has 0 bridgehead atoms. The van der Waals surface area contributed by atoms with Crippen LogP contribution in [0, 0.1) is 6.92 Å². The summed E-state index contributed by atoms with van der Waals surface area (Å²) in [5.41, 5.74) is 8.03. The van der Waals surface area contributed by atoms with Gasteiger partial charge in [0.2, 0.25) is 0 Å². The van der Waals surface area contributed by atoms with Gasteiger partial charge in [0.25, 0.3) is 6.43 Å². The van der Waals surface area contributed by atoms with Crippen LogP contribution in [0.2, 0.25) is 0 Å². The van der Waals surface area contributed by atoms with Crippen molar-refractivity contribution in [1.29, 1.82) is 0 Å². The van der Waals surface area contributed by atoms with Gasteiger partial charge in [0.1, 0.15) is 28.3 Å². The molecule has 0 aliphatic heterocycles. The van der Waals surface area contributed by atoms with Crippen LogP contribution in [0.3, 0.4) is 0 Å². The molecular weight excluding hydrogens is 567 g/mol. The Balaban J connectivity index is 1.83. The van der Waals surface area contributed by atoms with Gasteiger partial charge in [-0.25, -0.2) is 28.5 Å². The Morgan fingerprint density at radius 2 is 1.78 bits per heavy atom. The molecule has 0 radical (unpaired) electrons. The van der Waals surface area contributed by atoms with E-state index in [0.29, 0.717) is 33.0 Å². The summed E-state index contributed by atoms with van der Waals surface area (Å²) in [5.74, 6) is 6.39.